The van der Waals surface area contributed by atoms with Crippen molar-refractivity contribution in [2.75, 3.05) is 0 Å². The van der Waals surface area contributed by atoms with Gasteiger partial charge in [-0.25, -0.2) is 0 Å². The minimum absolute atomic E-state index is 0.642. The van der Waals surface area contributed by atoms with Gasteiger partial charge in [-0.2, -0.15) is 0 Å². The van der Waals surface area contributed by atoms with E-state index in [0.29, 0.717) is 11.8 Å². The summed E-state index contributed by atoms with van der Waals surface area (Å²) in [6.45, 7) is 12.2. The lowest BCUT2D eigenvalue weighted by Crippen LogP contribution is -2.09. The highest BCUT2D eigenvalue weighted by Crippen LogP contribution is 2.24. The molecule has 0 saturated heterocycles. The average Bonchev–Trinajstić information content (AvgIpc) is 2.11. The maximum Gasteiger partial charge on any atom is 0.0263 e. The first kappa shape index (κ1) is 12.2. The Balaban J connectivity index is 4.54. The topological polar surface area (TPSA) is 12.4 Å². The normalized spacial score (nSPS) is 15.3. The van der Waals surface area contributed by atoms with Gasteiger partial charge in [0.15, 0.2) is 0 Å². The molecule has 1 atom stereocenters. The first-order valence-electron chi connectivity index (χ1n) is 4.95. The molecule has 13 heavy (non-hydrogen) atoms. The third-order valence-corrected chi connectivity index (χ3v) is 2.38. The second-order valence-corrected chi connectivity index (χ2v) is 3.55. The molecule has 74 valence electrons. The molecule has 0 aliphatic carbocycles. The van der Waals surface area contributed by atoms with E-state index in [1.807, 2.05) is 0 Å². The summed E-state index contributed by atoms with van der Waals surface area (Å²) in [6, 6.07) is 0. The van der Waals surface area contributed by atoms with Gasteiger partial charge in [0.2, 0.25) is 0 Å². The van der Waals surface area contributed by atoms with Crippen LogP contribution in [-0.4, -0.2) is 6.72 Å². The second-order valence-electron chi connectivity index (χ2n) is 3.55. The molecule has 1 unspecified atom stereocenters. The minimum Gasteiger partial charge on any atom is -0.273 e. The van der Waals surface area contributed by atoms with Crippen LogP contribution in [-0.2, 0) is 0 Å². The van der Waals surface area contributed by atoms with Gasteiger partial charge in [-0.1, -0.05) is 26.8 Å². The van der Waals surface area contributed by atoms with Gasteiger partial charge < -0.3 is 0 Å². The van der Waals surface area contributed by atoms with Crippen molar-refractivity contribution in [3.8, 4) is 0 Å². The van der Waals surface area contributed by atoms with Crippen molar-refractivity contribution in [2.45, 2.75) is 34.1 Å². The summed E-state index contributed by atoms with van der Waals surface area (Å²) in [5.74, 6) is 1.33. The molecule has 0 spiro atoms. The summed E-state index contributed by atoms with van der Waals surface area (Å²) in [4.78, 5) is 3.73. The van der Waals surface area contributed by atoms with Crippen LogP contribution in [0.4, 0.5) is 0 Å². The zero-order valence-corrected chi connectivity index (χ0v) is 9.25. The summed E-state index contributed by atoms with van der Waals surface area (Å²) in [5.41, 5.74) is 1.37. The van der Waals surface area contributed by atoms with Crippen molar-refractivity contribution in [3.05, 3.63) is 23.9 Å². The average molecular weight is 179 g/mol. The highest BCUT2D eigenvalue weighted by Gasteiger charge is 2.13. The molecule has 0 N–H and O–H groups in total. The zero-order chi connectivity index (χ0) is 10.3. The molecule has 0 aliphatic heterocycles. The number of hydrogen-bond donors (Lipinski definition) is 0. The third-order valence-electron chi connectivity index (χ3n) is 2.38. The van der Waals surface area contributed by atoms with Crippen molar-refractivity contribution < 1.29 is 0 Å². The summed E-state index contributed by atoms with van der Waals surface area (Å²) in [7, 11) is 0. The molecule has 1 nitrogen and oxygen atoms in total. The van der Waals surface area contributed by atoms with Gasteiger partial charge >= 0.3 is 0 Å². The van der Waals surface area contributed by atoms with Crippen LogP contribution in [0.5, 0.6) is 0 Å². The number of nitrogens with zero attached hydrogens (tertiary/aromatic N) is 1. The van der Waals surface area contributed by atoms with E-state index in [9.17, 15) is 0 Å². The fourth-order valence-electron chi connectivity index (χ4n) is 1.66. The summed E-state index contributed by atoms with van der Waals surface area (Å²) < 4.78 is 0. The number of aliphatic imine (C=N–C) groups is 1. The van der Waals surface area contributed by atoms with Gasteiger partial charge in [0.05, 0.1) is 0 Å². The van der Waals surface area contributed by atoms with Crippen LogP contribution in [0.3, 0.4) is 0 Å². The molecule has 1 heteroatoms. The standard InChI is InChI=1S/C12H21N/c1-6-11(8-9-13-5)12(7-2)10(3)4/h6,8-10,12H,5,7H2,1-4H3/b9-8-,11-6+. The van der Waals surface area contributed by atoms with Crippen molar-refractivity contribution in [2.24, 2.45) is 16.8 Å². The van der Waals surface area contributed by atoms with Gasteiger partial charge in [-0.3, -0.25) is 4.99 Å². The Morgan fingerprint density at radius 2 is 2.08 bits per heavy atom. The maximum atomic E-state index is 3.73. The Kier molecular flexibility index (Phi) is 6.21. The molecular formula is C12H21N. The number of allylic oxidation sites excluding steroid dienone is 3. The molecular weight excluding hydrogens is 158 g/mol. The third kappa shape index (κ3) is 4.07. The number of rotatable bonds is 5. The zero-order valence-electron chi connectivity index (χ0n) is 9.25. The van der Waals surface area contributed by atoms with Crippen LogP contribution in [0.25, 0.3) is 0 Å². The van der Waals surface area contributed by atoms with Crippen LogP contribution in [0.1, 0.15) is 34.1 Å². The molecule has 0 fully saturated rings. The molecule has 0 aromatic heterocycles. The largest absolute Gasteiger partial charge is 0.273 e. The predicted molar refractivity (Wildman–Crippen MR) is 61.1 cm³/mol. The van der Waals surface area contributed by atoms with E-state index in [1.54, 1.807) is 6.20 Å². The van der Waals surface area contributed by atoms with Gasteiger partial charge in [0.25, 0.3) is 0 Å². The lowest BCUT2D eigenvalue weighted by molar-refractivity contribution is 0.437. The van der Waals surface area contributed by atoms with Crippen molar-refractivity contribution in [1.82, 2.24) is 0 Å². The molecule has 0 aliphatic rings. The molecule has 0 radical (unpaired) electrons. The van der Waals surface area contributed by atoms with Crippen molar-refractivity contribution in [1.29, 1.82) is 0 Å². The van der Waals surface area contributed by atoms with Gasteiger partial charge in [-0.05, 0) is 43.5 Å². The first-order valence-corrected chi connectivity index (χ1v) is 4.95. The molecule has 0 aromatic carbocycles. The van der Waals surface area contributed by atoms with E-state index in [-0.39, 0.29) is 0 Å². The van der Waals surface area contributed by atoms with Crippen LogP contribution in [0, 0.1) is 11.8 Å². The number of hydrogen-bond acceptors (Lipinski definition) is 1. The van der Waals surface area contributed by atoms with Crippen LogP contribution in [0.15, 0.2) is 28.9 Å². The van der Waals surface area contributed by atoms with E-state index in [0.717, 1.165) is 0 Å². The van der Waals surface area contributed by atoms with Crippen LogP contribution >= 0.6 is 0 Å². The Labute approximate surface area is 82.3 Å². The molecule has 0 bridgehead atoms. The molecule has 0 rings (SSSR count). The smallest absolute Gasteiger partial charge is 0.0263 e. The highest BCUT2D eigenvalue weighted by molar-refractivity contribution is 5.28. The fourth-order valence-corrected chi connectivity index (χ4v) is 1.66. The molecule has 0 heterocycles. The Morgan fingerprint density at radius 3 is 2.38 bits per heavy atom. The lowest BCUT2D eigenvalue weighted by Gasteiger charge is -2.20. The minimum atomic E-state index is 0.642. The van der Waals surface area contributed by atoms with Crippen molar-refractivity contribution in [3.63, 3.8) is 0 Å². The van der Waals surface area contributed by atoms with Crippen LogP contribution in [0.2, 0.25) is 0 Å². The van der Waals surface area contributed by atoms with E-state index < -0.39 is 0 Å². The lowest BCUT2D eigenvalue weighted by atomic mass is 9.86. The van der Waals surface area contributed by atoms with E-state index in [1.165, 1.54) is 12.0 Å². The highest BCUT2D eigenvalue weighted by atomic mass is 14.6. The van der Waals surface area contributed by atoms with Crippen LogP contribution < -0.4 is 0 Å². The summed E-state index contributed by atoms with van der Waals surface area (Å²) in [6.07, 6.45) is 7.16. The summed E-state index contributed by atoms with van der Waals surface area (Å²) >= 11 is 0. The Bertz CT molecular complexity index is 199. The van der Waals surface area contributed by atoms with Crippen molar-refractivity contribution >= 4 is 6.72 Å². The maximum absolute atomic E-state index is 3.73. The van der Waals surface area contributed by atoms with Gasteiger partial charge in [0, 0.05) is 6.20 Å². The van der Waals surface area contributed by atoms with E-state index >= 15 is 0 Å². The quantitative estimate of drug-likeness (QED) is 0.449. The molecule has 0 amide bonds. The monoisotopic (exact) mass is 179 g/mol. The fraction of sp³-hybridized carbons (Fsp3) is 0.583. The molecule has 0 aromatic rings. The van der Waals surface area contributed by atoms with E-state index in [2.05, 4.69) is 51.6 Å². The van der Waals surface area contributed by atoms with E-state index in [4.69, 9.17) is 0 Å². The Hall–Kier alpha value is -0.850. The predicted octanol–water partition coefficient (Wildman–Crippen LogP) is 3.83. The second kappa shape index (κ2) is 6.64. The SMILES string of the molecule is C=N/C=C\C(=C/C)C(CC)C(C)C. The van der Waals surface area contributed by atoms with Gasteiger partial charge in [-0.15, -0.1) is 0 Å². The van der Waals surface area contributed by atoms with Gasteiger partial charge in [0.1, 0.15) is 0 Å². The Morgan fingerprint density at radius 1 is 1.46 bits per heavy atom. The molecule has 0 saturated carbocycles. The summed E-state index contributed by atoms with van der Waals surface area (Å²) in [5, 5.41) is 0. The first-order chi connectivity index (χ1) is 6.17.